The van der Waals surface area contributed by atoms with Gasteiger partial charge in [0.25, 0.3) is 0 Å². The van der Waals surface area contributed by atoms with Gasteiger partial charge in [0.2, 0.25) is 0 Å². The van der Waals surface area contributed by atoms with Crippen molar-refractivity contribution < 1.29 is 20.1 Å². The maximum Gasteiger partial charge on any atom is 0.337 e. The Morgan fingerprint density at radius 3 is 2.61 bits per heavy atom. The van der Waals surface area contributed by atoms with Gasteiger partial charge < -0.3 is 19.9 Å². The molecule has 6 heteroatoms. The highest BCUT2D eigenvalue weighted by molar-refractivity contribution is 6.01. The van der Waals surface area contributed by atoms with E-state index in [1.807, 2.05) is 0 Å². The normalized spacial score (nSPS) is 11.3. The molecule has 2 rings (SSSR count). The fraction of sp³-hybridized carbons (Fsp3) is 0.333. The van der Waals surface area contributed by atoms with E-state index in [2.05, 4.69) is 4.98 Å². The molecule has 18 heavy (non-hydrogen) atoms. The monoisotopic (exact) mass is 250 g/mol. The molecule has 0 atom stereocenters. The van der Waals surface area contributed by atoms with Crippen molar-refractivity contribution in [3.05, 3.63) is 29.6 Å². The van der Waals surface area contributed by atoms with Gasteiger partial charge in [-0.15, -0.1) is 0 Å². The Morgan fingerprint density at radius 2 is 2.06 bits per heavy atom. The van der Waals surface area contributed by atoms with Gasteiger partial charge in [-0.2, -0.15) is 0 Å². The highest BCUT2D eigenvalue weighted by atomic mass is 16.4. The first-order valence-electron chi connectivity index (χ1n) is 5.52. The first-order valence-corrected chi connectivity index (χ1v) is 5.52. The van der Waals surface area contributed by atoms with Crippen LogP contribution in [0, 0.1) is 6.92 Å². The zero-order chi connectivity index (χ0) is 13.3. The first-order chi connectivity index (χ1) is 8.60. The molecular formula is C12H14N2O4. The number of carboxylic acids is 1. The molecule has 0 radical (unpaired) electrons. The summed E-state index contributed by atoms with van der Waals surface area (Å²) in [5.74, 6) is -0.497. The van der Waals surface area contributed by atoms with Crippen LogP contribution in [0.1, 0.15) is 22.2 Å². The molecule has 0 amide bonds. The number of hydrogen-bond acceptors (Lipinski definition) is 4. The molecule has 1 aromatic carbocycles. The summed E-state index contributed by atoms with van der Waals surface area (Å²) in [6.07, 6.45) is 0. The molecule has 0 saturated carbocycles. The van der Waals surface area contributed by atoms with Gasteiger partial charge in [-0.3, -0.25) is 0 Å². The highest BCUT2D eigenvalue weighted by Crippen LogP contribution is 2.24. The van der Waals surface area contributed by atoms with Crippen molar-refractivity contribution in [1.29, 1.82) is 0 Å². The summed E-state index contributed by atoms with van der Waals surface area (Å²) >= 11 is 0. The Kier molecular flexibility index (Phi) is 3.31. The third-order valence-corrected chi connectivity index (χ3v) is 2.90. The lowest BCUT2D eigenvalue weighted by Crippen LogP contribution is -2.19. The second-order valence-corrected chi connectivity index (χ2v) is 4.03. The fourth-order valence-electron chi connectivity index (χ4n) is 2.11. The van der Waals surface area contributed by atoms with Crippen molar-refractivity contribution >= 4 is 17.0 Å². The van der Waals surface area contributed by atoms with E-state index in [0.717, 1.165) is 0 Å². The number of aliphatic hydroxyl groups is 2. The lowest BCUT2D eigenvalue weighted by molar-refractivity contribution is 0.0697. The number of imidazole rings is 1. The number of aromatic nitrogens is 2. The van der Waals surface area contributed by atoms with E-state index in [4.69, 9.17) is 0 Å². The van der Waals surface area contributed by atoms with Crippen molar-refractivity contribution in [1.82, 2.24) is 9.55 Å². The topological polar surface area (TPSA) is 95.6 Å². The molecule has 0 aliphatic carbocycles. The summed E-state index contributed by atoms with van der Waals surface area (Å²) in [5, 5.41) is 27.7. The summed E-state index contributed by atoms with van der Waals surface area (Å²) in [5.41, 5.74) is 1.08. The number of para-hydroxylation sites is 1. The number of carboxylic acid groups (broad SMARTS) is 1. The number of hydrogen-bond donors (Lipinski definition) is 3. The van der Waals surface area contributed by atoms with E-state index in [9.17, 15) is 20.1 Å². The SMILES string of the molecule is Cc1nc2cccc(C(=O)O)c2n1C(CO)CO. The molecule has 1 heterocycles. The van der Waals surface area contributed by atoms with Crippen molar-refractivity contribution in [2.75, 3.05) is 13.2 Å². The van der Waals surface area contributed by atoms with Crippen LogP contribution < -0.4 is 0 Å². The first kappa shape index (κ1) is 12.5. The van der Waals surface area contributed by atoms with Crippen LogP contribution in [0.4, 0.5) is 0 Å². The minimum Gasteiger partial charge on any atom is -0.478 e. The number of carbonyl (C=O) groups is 1. The molecule has 0 bridgehead atoms. The average molecular weight is 250 g/mol. The number of aryl methyl sites for hydroxylation is 1. The Bertz CT molecular complexity index is 587. The van der Waals surface area contributed by atoms with E-state index in [-0.39, 0.29) is 18.8 Å². The largest absolute Gasteiger partial charge is 0.478 e. The van der Waals surface area contributed by atoms with Gasteiger partial charge in [-0.05, 0) is 19.1 Å². The summed E-state index contributed by atoms with van der Waals surface area (Å²) in [7, 11) is 0. The summed E-state index contributed by atoms with van der Waals surface area (Å²) in [6.45, 7) is 1.15. The van der Waals surface area contributed by atoms with Crippen LogP contribution in [0.15, 0.2) is 18.2 Å². The molecule has 0 spiro atoms. The van der Waals surface area contributed by atoms with Crippen LogP contribution in [-0.2, 0) is 0 Å². The molecule has 0 fully saturated rings. The van der Waals surface area contributed by atoms with E-state index >= 15 is 0 Å². The van der Waals surface area contributed by atoms with E-state index in [0.29, 0.717) is 16.9 Å². The van der Waals surface area contributed by atoms with Gasteiger partial charge in [-0.1, -0.05) is 6.07 Å². The number of aliphatic hydroxyl groups excluding tert-OH is 2. The van der Waals surface area contributed by atoms with Crippen LogP contribution in [-0.4, -0.2) is 44.1 Å². The number of rotatable bonds is 4. The number of nitrogens with zero attached hydrogens (tertiary/aromatic N) is 2. The Morgan fingerprint density at radius 1 is 1.39 bits per heavy atom. The van der Waals surface area contributed by atoms with Crippen LogP contribution in [0.2, 0.25) is 0 Å². The molecule has 6 nitrogen and oxygen atoms in total. The van der Waals surface area contributed by atoms with Crippen molar-refractivity contribution in [3.8, 4) is 0 Å². The summed E-state index contributed by atoms with van der Waals surface area (Å²) in [4.78, 5) is 15.5. The molecular weight excluding hydrogens is 236 g/mol. The minimum atomic E-state index is -1.06. The maximum atomic E-state index is 11.2. The Balaban J connectivity index is 2.79. The molecule has 96 valence electrons. The van der Waals surface area contributed by atoms with Crippen LogP contribution in [0.5, 0.6) is 0 Å². The smallest absolute Gasteiger partial charge is 0.337 e. The van der Waals surface area contributed by atoms with E-state index in [1.54, 1.807) is 23.6 Å². The Hall–Kier alpha value is -1.92. The molecule has 2 aromatic rings. The lowest BCUT2D eigenvalue weighted by atomic mass is 10.1. The van der Waals surface area contributed by atoms with E-state index in [1.165, 1.54) is 6.07 Å². The zero-order valence-electron chi connectivity index (χ0n) is 9.87. The molecule has 0 saturated heterocycles. The van der Waals surface area contributed by atoms with Gasteiger partial charge >= 0.3 is 5.97 Å². The van der Waals surface area contributed by atoms with Gasteiger partial charge in [-0.25, -0.2) is 9.78 Å². The Labute approximate surface area is 103 Å². The number of fused-ring (bicyclic) bond motifs is 1. The van der Waals surface area contributed by atoms with Crippen molar-refractivity contribution in [2.45, 2.75) is 13.0 Å². The van der Waals surface area contributed by atoms with Gasteiger partial charge in [0.05, 0.1) is 35.9 Å². The fourth-order valence-corrected chi connectivity index (χ4v) is 2.11. The molecule has 0 aliphatic heterocycles. The second kappa shape index (κ2) is 4.75. The summed E-state index contributed by atoms with van der Waals surface area (Å²) < 4.78 is 1.57. The molecule has 0 unspecified atom stereocenters. The van der Waals surface area contributed by atoms with Gasteiger partial charge in [0.1, 0.15) is 5.82 Å². The highest BCUT2D eigenvalue weighted by Gasteiger charge is 2.20. The number of benzene rings is 1. The number of aromatic carboxylic acids is 1. The molecule has 0 aliphatic rings. The molecule has 3 N–H and O–H groups in total. The van der Waals surface area contributed by atoms with Crippen molar-refractivity contribution in [2.24, 2.45) is 0 Å². The third-order valence-electron chi connectivity index (χ3n) is 2.90. The summed E-state index contributed by atoms with van der Waals surface area (Å²) in [6, 6.07) is 4.22. The second-order valence-electron chi connectivity index (χ2n) is 4.03. The minimum absolute atomic E-state index is 0.111. The predicted molar refractivity (Wildman–Crippen MR) is 64.6 cm³/mol. The maximum absolute atomic E-state index is 11.2. The van der Waals surface area contributed by atoms with Crippen LogP contribution in [0.3, 0.4) is 0 Å². The van der Waals surface area contributed by atoms with Gasteiger partial charge in [0.15, 0.2) is 0 Å². The quantitative estimate of drug-likeness (QED) is 0.737. The molecule has 1 aromatic heterocycles. The lowest BCUT2D eigenvalue weighted by Gasteiger charge is -2.16. The third kappa shape index (κ3) is 1.85. The van der Waals surface area contributed by atoms with Crippen molar-refractivity contribution in [3.63, 3.8) is 0 Å². The standard InChI is InChI=1S/C12H14N2O4/c1-7-13-10-4-2-3-9(12(17)18)11(10)14(7)8(5-15)6-16/h2-4,8,15-16H,5-6H2,1H3,(H,17,18). The van der Waals surface area contributed by atoms with E-state index < -0.39 is 12.0 Å². The predicted octanol–water partition coefficient (Wildman–Crippen LogP) is 0.569. The van der Waals surface area contributed by atoms with Crippen LogP contribution in [0.25, 0.3) is 11.0 Å². The average Bonchev–Trinajstić information content (AvgIpc) is 2.67. The van der Waals surface area contributed by atoms with Crippen LogP contribution >= 0.6 is 0 Å². The zero-order valence-corrected chi connectivity index (χ0v) is 9.87. The van der Waals surface area contributed by atoms with Gasteiger partial charge in [0, 0.05) is 0 Å².